The van der Waals surface area contributed by atoms with E-state index in [2.05, 4.69) is 10.3 Å². The fourth-order valence-electron chi connectivity index (χ4n) is 2.14. The summed E-state index contributed by atoms with van der Waals surface area (Å²) in [5.41, 5.74) is 1.37. The number of nitrogens with zero attached hydrogens (tertiary/aromatic N) is 1. The average Bonchev–Trinajstić information content (AvgIpc) is 2.50. The highest BCUT2D eigenvalue weighted by atomic mass is 16.4. The number of rotatable bonds is 6. The minimum atomic E-state index is -0.812. The van der Waals surface area contributed by atoms with E-state index in [-0.39, 0.29) is 18.2 Å². The van der Waals surface area contributed by atoms with Gasteiger partial charge < -0.3 is 10.4 Å². The van der Waals surface area contributed by atoms with Crippen LogP contribution in [0, 0.1) is 5.92 Å². The summed E-state index contributed by atoms with van der Waals surface area (Å²) in [4.78, 5) is 27.0. The van der Waals surface area contributed by atoms with E-state index in [1.165, 1.54) is 0 Å². The zero-order valence-corrected chi connectivity index (χ0v) is 11.9. The zero-order chi connectivity index (χ0) is 15.2. The number of hydrogen-bond acceptors (Lipinski definition) is 3. The molecule has 1 unspecified atom stereocenters. The largest absolute Gasteiger partial charge is 0.481 e. The van der Waals surface area contributed by atoms with Gasteiger partial charge in [0.2, 0.25) is 0 Å². The normalized spacial score (nSPS) is 12.0. The van der Waals surface area contributed by atoms with E-state index in [0.717, 1.165) is 10.9 Å². The molecular formula is C16H18N2O3. The van der Waals surface area contributed by atoms with E-state index in [1.807, 2.05) is 19.1 Å². The Morgan fingerprint density at radius 2 is 2.10 bits per heavy atom. The Morgan fingerprint density at radius 1 is 1.29 bits per heavy atom. The van der Waals surface area contributed by atoms with Crippen LogP contribution in [0.25, 0.3) is 10.9 Å². The van der Waals surface area contributed by atoms with Gasteiger partial charge in [0.05, 0.1) is 5.52 Å². The van der Waals surface area contributed by atoms with Crippen molar-refractivity contribution in [3.05, 3.63) is 42.1 Å². The molecule has 1 heterocycles. The van der Waals surface area contributed by atoms with Crippen molar-refractivity contribution in [2.75, 3.05) is 6.54 Å². The second-order valence-electron chi connectivity index (χ2n) is 5.12. The van der Waals surface area contributed by atoms with Gasteiger partial charge in [0.15, 0.2) is 0 Å². The molecule has 5 nitrogen and oxygen atoms in total. The molecule has 110 valence electrons. The van der Waals surface area contributed by atoms with Gasteiger partial charge in [-0.3, -0.25) is 14.6 Å². The number of carboxylic acids is 1. The molecule has 0 saturated heterocycles. The number of carbonyl (C=O) groups excluding carboxylic acids is 1. The lowest BCUT2D eigenvalue weighted by Crippen LogP contribution is -2.28. The third-order valence-corrected chi connectivity index (χ3v) is 3.35. The van der Waals surface area contributed by atoms with Crippen molar-refractivity contribution in [2.45, 2.75) is 19.8 Å². The van der Waals surface area contributed by atoms with Crippen LogP contribution >= 0.6 is 0 Å². The predicted octanol–water partition coefficient (Wildman–Crippen LogP) is 2.47. The summed E-state index contributed by atoms with van der Waals surface area (Å²) < 4.78 is 0. The summed E-state index contributed by atoms with van der Waals surface area (Å²) in [6, 6.07) is 9.10. The SMILES string of the molecule is CC(CCC(=O)O)CNC(=O)c1cccc2ncccc12. The standard InChI is InChI=1S/C16H18N2O3/c1-11(7-8-15(19)20)10-18-16(21)13-4-2-6-14-12(13)5-3-9-17-14/h2-6,9,11H,7-8,10H2,1H3,(H,18,21)(H,19,20). The smallest absolute Gasteiger partial charge is 0.303 e. The first-order chi connectivity index (χ1) is 10.1. The zero-order valence-electron chi connectivity index (χ0n) is 11.9. The van der Waals surface area contributed by atoms with E-state index < -0.39 is 5.97 Å². The Bertz CT molecular complexity index is 650. The van der Waals surface area contributed by atoms with Gasteiger partial charge >= 0.3 is 5.97 Å². The van der Waals surface area contributed by atoms with Crippen molar-refractivity contribution in [3.63, 3.8) is 0 Å². The highest BCUT2D eigenvalue weighted by molar-refractivity contribution is 6.06. The maximum atomic E-state index is 12.2. The number of aliphatic carboxylic acids is 1. The minimum absolute atomic E-state index is 0.120. The van der Waals surface area contributed by atoms with Crippen LogP contribution in [0.3, 0.4) is 0 Å². The van der Waals surface area contributed by atoms with Gasteiger partial charge in [0.1, 0.15) is 0 Å². The molecule has 0 spiro atoms. The van der Waals surface area contributed by atoms with Crippen LogP contribution in [-0.2, 0) is 4.79 Å². The van der Waals surface area contributed by atoms with Crippen LogP contribution in [0.4, 0.5) is 0 Å². The number of aromatic nitrogens is 1. The van der Waals surface area contributed by atoms with Crippen LogP contribution in [0.2, 0.25) is 0 Å². The van der Waals surface area contributed by atoms with E-state index in [9.17, 15) is 9.59 Å². The molecule has 0 aliphatic carbocycles. The van der Waals surface area contributed by atoms with E-state index in [1.54, 1.807) is 24.4 Å². The first kappa shape index (κ1) is 15.0. The quantitative estimate of drug-likeness (QED) is 0.855. The van der Waals surface area contributed by atoms with Crippen molar-refractivity contribution in [1.82, 2.24) is 10.3 Å². The number of fused-ring (bicyclic) bond motifs is 1. The molecule has 5 heteroatoms. The number of nitrogens with one attached hydrogen (secondary N) is 1. The number of carbonyl (C=O) groups is 2. The molecule has 1 atom stereocenters. The number of amides is 1. The Labute approximate surface area is 123 Å². The lowest BCUT2D eigenvalue weighted by molar-refractivity contribution is -0.137. The number of benzene rings is 1. The fourth-order valence-corrected chi connectivity index (χ4v) is 2.14. The number of carboxylic acid groups (broad SMARTS) is 1. The minimum Gasteiger partial charge on any atom is -0.481 e. The van der Waals surface area contributed by atoms with Crippen molar-refractivity contribution < 1.29 is 14.7 Å². The van der Waals surface area contributed by atoms with Gasteiger partial charge in [-0.2, -0.15) is 0 Å². The molecule has 0 bridgehead atoms. The fraction of sp³-hybridized carbons (Fsp3) is 0.312. The molecule has 1 amide bonds. The van der Waals surface area contributed by atoms with Crippen LogP contribution < -0.4 is 5.32 Å². The van der Waals surface area contributed by atoms with Crippen LogP contribution in [0.15, 0.2) is 36.5 Å². The number of hydrogen-bond donors (Lipinski definition) is 2. The lowest BCUT2D eigenvalue weighted by atomic mass is 10.0. The van der Waals surface area contributed by atoms with E-state index >= 15 is 0 Å². The third kappa shape index (κ3) is 4.02. The maximum absolute atomic E-state index is 12.2. The van der Waals surface area contributed by atoms with Crippen LogP contribution in [0.5, 0.6) is 0 Å². The molecule has 0 radical (unpaired) electrons. The molecule has 1 aromatic carbocycles. The van der Waals surface area contributed by atoms with E-state index in [4.69, 9.17) is 5.11 Å². The molecule has 21 heavy (non-hydrogen) atoms. The van der Waals surface area contributed by atoms with Crippen molar-refractivity contribution in [3.8, 4) is 0 Å². The molecule has 0 fully saturated rings. The highest BCUT2D eigenvalue weighted by Crippen LogP contribution is 2.16. The van der Waals surface area contributed by atoms with Gasteiger partial charge in [-0.25, -0.2) is 0 Å². The summed E-state index contributed by atoms with van der Waals surface area (Å²) >= 11 is 0. The molecule has 0 aliphatic heterocycles. The van der Waals surface area contributed by atoms with Gasteiger partial charge in [-0.1, -0.05) is 19.1 Å². The first-order valence-electron chi connectivity index (χ1n) is 6.91. The summed E-state index contributed by atoms with van der Waals surface area (Å²) in [7, 11) is 0. The molecule has 0 saturated carbocycles. The average molecular weight is 286 g/mol. The lowest BCUT2D eigenvalue weighted by Gasteiger charge is -2.12. The van der Waals surface area contributed by atoms with Crippen LogP contribution in [0.1, 0.15) is 30.1 Å². The molecule has 1 aromatic heterocycles. The third-order valence-electron chi connectivity index (χ3n) is 3.35. The molecule has 2 N–H and O–H groups in total. The topological polar surface area (TPSA) is 79.3 Å². The predicted molar refractivity (Wildman–Crippen MR) is 80.1 cm³/mol. The molecule has 2 aromatic rings. The van der Waals surface area contributed by atoms with Gasteiger partial charge in [-0.15, -0.1) is 0 Å². The van der Waals surface area contributed by atoms with E-state index in [0.29, 0.717) is 18.5 Å². The Kier molecular flexibility index (Phi) is 4.87. The van der Waals surface area contributed by atoms with Gasteiger partial charge in [-0.05, 0) is 30.5 Å². The van der Waals surface area contributed by atoms with Crippen LogP contribution in [-0.4, -0.2) is 28.5 Å². The Morgan fingerprint density at radius 3 is 2.86 bits per heavy atom. The monoisotopic (exact) mass is 286 g/mol. The molecule has 2 rings (SSSR count). The summed E-state index contributed by atoms with van der Waals surface area (Å²) in [6.07, 6.45) is 2.36. The summed E-state index contributed by atoms with van der Waals surface area (Å²) in [5, 5.41) is 12.3. The van der Waals surface area contributed by atoms with Crippen molar-refractivity contribution in [2.24, 2.45) is 5.92 Å². The molecular weight excluding hydrogens is 268 g/mol. The Hall–Kier alpha value is -2.43. The highest BCUT2D eigenvalue weighted by Gasteiger charge is 2.12. The molecule has 0 aliphatic rings. The Balaban J connectivity index is 2.01. The van der Waals surface area contributed by atoms with Crippen molar-refractivity contribution in [1.29, 1.82) is 0 Å². The second-order valence-corrected chi connectivity index (χ2v) is 5.12. The first-order valence-corrected chi connectivity index (χ1v) is 6.91. The second kappa shape index (κ2) is 6.83. The van der Waals surface area contributed by atoms with Crippen molar-refractivity contribution >= 4 is 22.8 Å². The van der Waals surface area contributed by atoms with Gasteiger partial charge in [0, 0.05) is 30.1 Å². The maximum Gasteiger partial charge on any atom is 0.303 e. The summed E-state index contributed by atoms with van der Waals surface area (Å²) in [6.45, 7) is 2.39. The van der Waals surface area contributed by atoms with Gasteiger partial charge in [0.25, 0.3) is 5.91 Å². The number of pyridine rings is 1. The summed E-state index contributed by atoms with van der Waals surface area (Å²) in [5.74, 6) is -0.845.